The van der Waals surface area contributed by atoms with Crippen LogP contribution in [0.3, 0.4) is 0 Å². The molecule has 1 aliphatic rings. The van der Waals surface area contributed by atoms with Gasteiger partial charge < -0.3 is 24.3 Å². The van der Waals surface area contributed by atoms with Gasteiger partial charge in [0, 0.05) is 33.9 Å². The van der Waals surface area contributed by atoms with Gasteiger partial charge in [-0.2, -0.15) is 0 Å². The lowest BCUT2D eigenvalue weighted by Gasteiger charge is -2.18. The molecule has 1 aliphatic heterocycles. The molecule has 0 aliphatic carbocycles. The van der Waals surface area contributed by atoms with Crippen molar-refractivity contribution >= 4 is 33.2 Å². The quantitative estimate of drug-likeness (QED) is 0.426. The van der Waals surface area contributed by atoms with Gasteiger partial charge >= 0.3 is 0 Å². The molecule has 4 rings (SSSR count). The van der Waals surface area contributed by atoms with Gasteiger partial charge in [-0.05, 0) is 36.4 Å². The number of anilines is 1. The molecule has 0 unspecified atom stereocenters. The summed E-state index contributed by atoms with van der Waals surface area (Å²) in [6.45, 7) is 0.858. The van der Waals surface area contributed by atoms with Crippen LogP contribution in [0.5, 0.6) is 23.0 Å². The molecule has 0 bridgehead atoms. The largest absolute Gasteiger partial charge is 0.493 e. The minimum atomic E-state index is -0.391. The summed E-state index contributed by atoms with van der Waals surface area (Å²) in [4.78, 5) is 0. The van der Waals surface area contributed by atoms with Crippen molar-refractivity contribution in [2.24, 2.45) is 0 Å². The number of hydrogen-bond donors (Lipinski definition) is 1. The van der Waals surface area contributed by atoms with Crippen LogP contribution in [0, 0.1) is 5.82 Å². The van der Waals surface area contributed by atoms with Crippen LogP contribution in [0.4, 0.5) is 10.1 Å². The van der Waals surface area contributed by atoms with Crippen molar-refractivity contribution in [1.82, 2.24) is 0 Å². The Morgan fingerprint density at radius 1 is 1.10 bits per heavy atom. The van der Waals surface area contributed by atoms with Crippen molar-refractivity contribution in [1.29, 1.82) is 0 Å². The lowest BCUT2D eigenvalue weighted by Crippen LogP contribution is -2.06. The molecule has 0 spiro atoms. The van der Waals surface area contributed by atoms with E-state index in [4.69, 9.17) is 30.5 Å². The highest BCUT2D eigenvalue weighted by Crippen LogP contribution is 2.39. The first-order valence-corrected chi connectivity index (χ1v) is 10.3. The predicted octanol–water partition coefficient (Wildman–Crippen LogP) is 6.17. The molecule has 1 heterocycles. The maximum absolute atomic E-state index is 13.3. The maximum Gasteiger partial charge on any atom is 0.231 e. The van der Waals surface area contributed by atoms with Gasteiger partial charge in [-0.1, -0.05) is 33.6 Å². The number of benzene rings is 3. The summed E-state index contributed by atoms with van der Waals surface area (Å²) in [6.07, 6.45) is 0. The first kappa shape index (κ1) is 20.6. The Morgan fingerprint density at radius 3 is 2.73 bits per heavy atom. The number of hydrogen-bond acceptors (Lipinski definition) is 5. The Kier molecular flexibility index (Phi) is 6.20. The molecule has 5 nitrogen and oxygen atoms in total. The van der Waals surface area contributed by atoms with E-state index in [0.717, 1.165) is 21.5 Å². The number of halogens is 3. The molecule has 3 aromatic rings. The maximum atomic E-state index is 13.3. The lowest BCUT2D eigenvalue weighted by atomic mass is 10.1. The second kappa shape index (κ2) is 9.02. The molecule has 0 fully saturated rings. The number of nitrogens with one attached hydrogen (secondary N) is 1. The van der Waals surface area contributed by atoms with Crippen molar-refractivity contribution < 1.29 is 23.3 Å². The molecule has 0 atom stereocenters. The highest BCUT2D eigenvalue weighted by atomic mass is 79.9. The molecular formula is C22H18BrClFNO4. The zero-order chi connectivity index (χ0) is 21.1. The van der Waals surface area contributed by atoms with E-state index in [1.807, 2.05) is 30.3 Å². The van der Waals surface area contributed by atoms with Crippen molar-refractivity contribution in [2.75, 3.05) is 19.2 Å². The van der Waals surface area contributed by atoms with Crippen LogP contribution in [0.15, 0.2) is 53.0 Å². The van der Waals surface area contributed by atoms with E-state index >= 15 is 0 Å². The highest BCUT2D eigenvalue weighted by Gasteiger charge is 2.17. The molecule has 156 valence electrons. The molecule has 1 N–H and O–H groups in total. The van der Waals surface area contributed by atoms with Crippen LogP contribution in [-0.4, -0.2) is 13.9 Å². The molecular weight excluding hydrogens is 477 g/mol. The zero-order valence-electron chi connectivity index (χ0n) is 16.0. The minimum absolute atomic E-state index is 0.170. The molecule has 30 heavy (non-hydrogen) atoms. The molecule has 0 aromatic heterocycles. The van der Waals surface area contributed by atoms with E-state index in [1.54, 1.807) is 13.2 Å². The van der Waals surface area contributed by atoms with Crippen molar-refractivity contribution in [3.05, 3.63) is 75.0 Å². The summed E-state index contributed by atoms with van der Waals surface area (Å²) < 4.78 is 36.5. The Labute approximate surface area is 186 Å². The zero-order valence-corrected chi connectivity index (χ0v) is 18.3. The van der Waals surface area contributed by atoms with Gasteiger partial charge in [0.1, 0.15) is 12.4 Å². The molecule has 0 saturated heterocycles. The third kappa shape index (κ3) is 4.42. The summed E-state index contributed by atoms with van der Waals surface area (Å²) >= 11 is 9.72. The summed E-state index contributed by atoms with van der Waals surface area (Å²) in [6, 6.07) is 13.6. The Morgan fingerprint density at radius 2 is 1.93 bits per heavy atom. The Balaban J connectivity index is 1.56. The van der Waals surface area contributed by atoms with Gasteiger partial charge in [-0.3, -0.25) is 0 Å². The monoisotopic (exact) mass is 493 g/mol. The first-order chi connectivity index (χ1) is 14.5. The number of methoxy groups -OCH3 is 1. The number of fused-ring (bicyclic) bond motifs is 1. The minimum Gasteiger partial charge on any atom is -0.493 e. The van der Waals surface area contributed by atoms with Crippen LogP contribution < -0.4 is 24.3 Å². The van der Waals surface area contributed by atoms with E-state index < -0.39 is 5.82 Å². The summed E-state index contributed by atoms with van der Waals surface area (Å²) in [7, 11) is 1.58. The van der Waals surface area contributed by atoms with E-state index in [0.29, 0.717) is 34.4 Å². The summed E-state index contributed by atoms with van der Waals surface area (Å²) in [5.74, 6) is 2.19. The van der Waals surface area contributed by atoms with Crippen LogP contribution in [0.1, 0.15) is 11.1 Å². The fourth-order valence-electron chi connectivity index (χ4n) is 3.05. The Bertz CT molecular complexity index is 1080. The van der Waals surface area contributed by atoms with Gasteiger partial charge in [0.25, 0.3) is 0 Å². The van der Waals surface area contributed by atoms with E-state index in [2.05, 4.69) is 21.2 Å². The lowest BCUT2D eigenvalue weighted by molar-refractivity contribution is 0.174. The number of ether oxygens (including phenoxy) is 4. The highest BCUT2D eigenvalue weighted by molar-refractivity contribution is 9.10. The topological polar surface area (TPSA) is 49.0 Å². The molecule has 0 saturated carbocycles. The number of rotatable bonds is 7. The molecule has 3 aromatic carbocycles. The Hall–Kier alpha value is -2.64. The average molecular weight is 495 g/mol. The van der Waals surface area contributed by atoms with Crippen LogP contribution in [-0.2, 0) is 13.2 Å². The van der Waals surface area contributed by atoms with Crippen molar-refractivity contribution in [3.63, 3.8) is 0 Å². The summed E-state index contributed by atoms with van der Waals surface area (Å²) in [5, 5.41) is 3.67. The van der Waals surface area contributed by atoms with Crippen LogP contribution in [0.2, 0.25) is 5.02 Å². The normalized spacial score (nSPS) is 12.0. The smallest absolute Gasteiger partial charge is 0.231 e. The van der Waals surface area contributed by atoms with Gasteiger partial charge in [-0.15, -0.1) is 0 Å². The SMILES string of the molecule is COc1ccc(Br)c(CNc2ccc3c(c2)OCO3)c1OCc1ccc(F)cc1Cl. The fraction of sp³-hybridized carbons (Fsp3) is 0.182. The van der Waals surface area contributed by atoms with Gasteiger partial charge in [0.05, 0.1) is 12.1 Å². The van der Waals surface area contributed by atoms with Crippen LogP contribution >= 0.6 is 27.5 Å². The average Bonchev–Trinajstić information content (AvgIpc) is 3.20. The standard InChI is InChI=1S/C22H18BrClFNO4/c1-27-20-7-5-17(23)16(10-26-15-4-6-19-21(9-15)30-12-29-19)22(20)28-11-13-2-3-14(25)8-18(13)24/h2-9,26H,10-12H2,1H3. The summed E-state index contributed by atoms with van der Waals surface area (Å²) in [5.41, 5.74) is 2.42. The second-order valence-corrected chi connectivity index (χ2v) is 7.76. The van der Waals surface area contributed by atoms with Gasteiger partial charge in [0.2, 0.25) is 6.79 Å². The molecule has 8 heteroatoms. The van der Waals surface area contributed by atoms with Crippen molar-refractivity contribution in [2.45, 2.75) is 13.2 Å². The second-order valence-electron chi connectivity index (χ2n) is 6.50. The predicted molar refractivity (Wildman–Crippen MR) is 116 cm³/mol. The molecule has 0 radical (unpaired) electrons. The van der Waals surface area contributed by atoms with E-state index in [9.17, 15) is 4.39 Å². The van der Waals surface area contributed by atoms with E-state index in [1.165, 1.54) is 12.1 Å². The first-order valence-electron chi connectivity index (χ1n) is 9.11. The van der Waals surface area contributed by atoms with Crippen molar-refractivity contribution in [3.8, 4) is 23.0 Å². The fourth-order valence-corrected chi connectivity index (χ4v) is 3.73. The third-order valence-corrected chi connectivity index (χ3v) is 5.71. The third-order valence-electron chi connectivity index (χ3n) is 4.62. The van der Waals surface area contributed by atoms with Gasteiger partial charge in [0.15, 0.2) is 23.0 Å². The van der Waals surface area contributed by atoms with Gasteiger partial charge in [-0.25, -0.2) is 4.39 Å². The van der Waals surface area contributed by atoms with E-state index in [-0.39, 0.29) is 13.4 Å². The van der Waals surface area contributed by atoms with Crippen LogP contribution in [0.25, 0.3) is 0 Å². The molecule has 0 amide bonds.